The van der Waals surface area contributed by atoms with Gasteiger partial charge in [0.05, 0.1) is 0 Å². The van der Waals surface area contributed by atoms with Crippen LogP contribution in [0.1, 0.15) is 43.5 Å². The number of rotatable bonds is 8. The van der Waals surface area contributed by atoms with Crippen molar-refractivity contribution in [2.45, 2.75) is 39.2 Å². The van der Waals surface area contributed by atoms with Gasteiger partial charge in [0.25, 0.3) is 5.91 Å². The van der Waals surface area contributed by atoms with Gasteiger partial charge in [-0.05, 0) is 31.5 Å². The largest absolute Gasteiger partial charge is 0.480 e. The second-order valence-electron chi connectivity index (χ2n) is 4.70. The molecule has 0 saturated carbocycles. The summed E-state index contributed by atoms with van der Waals surface area (Å²) in [6.45, 7) is 4.30. The molecule has 0 aromatic heterocycles. The van der Waals surface area contributed by atoms with E-state index in [0.717, 1.165) is 19.3 Å². The number of amides is 1. The van der Waals surface area contributed by atoms with Gasteiger partial charge in [-0.2, -0.15) is 0 Å². The number of carbonyl (C=O) groups is 2. The van der Waals surface area contributed by atoms with Crippen molar-refractivity contribution in [1.82, 2.24) is 5.32 Å². The minimum absolute atomic E-state index is 0.0232. The van der Waals surface area contributed by atoms with Crippen molar-refractivity contribution >= 4 is 27.8 Å². The molecule has 0 aliphatic heterocycles. The molecule has 6 heteroatoms. The predicted molar refractivity (Wildman–Crippen MR) is 83.7 cm³/mol. The van der Waals surface area contributed by atoms with Crippen LogP contribution in [0.2, 0.25) is 0 Å². The van der Waals surface area contributed by atoms with Crippen LogP contribution >= 0.6 is 15.9 Å². The van der Waals surface area contributed by atoms with Gasteiger partial charge in [0.15, 0.2) is 6.10 Å². The van der Waals surface area contributed by atoms with E-state index < -0.39 is 12.1 Å². The van der Waals surface area contributed by atoms with Crippen LogP contribution in [0.3, 0.4) is 0 Å². The number of carboxylic acid groups (broad SMARTS) is 1. The number of hydrogen-bond donors (Lipinski definition) is 2. The van der Waals surface area contributed by atoms with Crippen molar-refractivity contribution in [2.75, 3.05) is 6.54 Å². The first kappa shape index (κ1) is 17.5. The molecule has 1 atom stereocenters. The first-order chi connectivity index (χ1) is 9.95. The number of carboxylic acids is 1. The number of halogens is 1. The van der Waals surface area contributed by atoms with Crippen LogP contribution in [-0.4, -0.2) is 29.6 Å². The SMILES string of the molecule is CCCCCNC(=O)C(C)Oc1ccc(Br)cc1C(=O)O. The molecule has 1 unspecified atom stereocenters. The molecular weight excluding hydrogens is 338 g/mol. The molecule has 0 spiro atoms. The topological polar surface area (TPSA) is 75.6 Å². The van der Waals surface area contributed by atoms with Crippen LogP contribution in [0.15, 0.2) is 22.7 Å². The zero-order chi connectivity index (χ0) is 15.8. The van der Waals surface area contributed by atoms with Crippen molar-refractivity contribution in [2.24, 2.45) is 0 Å². The Morgan fingerprint density at radius 3 is 2.71 bits per heavy atom. The third-order valence-electron chi connectivity index (χ3n) is 2.92. The van der Waals surface area contributed by atoms with E-state index in [-0.39, 0.29) is 17.2 Å². The number of nitrogens with one attached hydrogen (secondary N) is 1. The second kappa shape index (κ2) is 8.67. The van der Waals surface area contributed by atoms with Crippen LogP contribution < -0.4 is 10.1 Å². The number of benzene rings is 1. The monoisotopic (exact) mass is 357 g/mol. The molecule has 1 aromatic carbocycles. The van der Waals surface area contributed by atoms with E-state index in [1.807, 2.05) is 0 Å². The Hall–Kier alpha value is -1.56. The van der Waals surface area contributed by atoms with Gasteiger partial charge >= 0.3 is 5.97 Å². The second-order valence-corrected chi connectivity index (χ2v) is 5.62. The molecule has 1 aromatic rings. The fourth-order valence-electron chi connectivity index (χ4n) is 1.75. The highest BCUT2D eigenvalue weighted by Crippen LogP contribution is 2.24. The number of hydrogen-bond acceptors (Lipinski definition) is 3. The Balaban J connectivity index is 2.63. The molecule has 0 radical (unpaired) electrons. The summed E-state index contributed by atoms with van der Waals surface area (Å²) in [5.74, 6) is -1.16. The third-order valence-corrected chi connectivity index (χ3v) is 3.42. The van der Waals surface area contributed by atoms with Gasteiger partial charge in [-0.15, -0.1) is 0 Å². The maximum absolute atomic E-state index is 11.9. The zero-order valence-corrected chi connectivity index (χ0v) is 13.8. The van der Waals surface area contributed by atoms with Gasteiger partial charge in [0.1, 0.15) is 11.3 Å². The molecule has 1 amide bonds. The smallest absolute Gasteiger partial charge is 0.339 e. The summed E-state index contributed by atoms with van der Waals surface area (Å²) >= 11 is 3.21. The highest BCUT2D eigenvalue weighted by Gasteiger charge is 2.18. The van der Waals surface area contributed by atoms with Gasteiger partial charge in [-0.1, -0.05) is 35.7 Å². The minimum Gasteiger partial charge on any atom is -0.480 e. The van der Waals surface area contributed by atoms with Gasteiger partial charge < -0.3 is 15.2 Å². The molecule has 0 heterocycles. The van der Waals surface area contributed by atoms with Gasteiger partial charge in [0, 0.05) is 11.0 Å². The first-order valence-electron chi connectivity index (χ1n) is 6.93. The number of unbranched alkanes of at least 4 members (excludes halogenated alkanes) is 2. The van der Waals surface area contributed by atoms with Crippen molar-refractivity contribution in [1.29, 1.82) is 0 Å². The quantitative estimate of drug-likeness (QED) is 0.700. The number of aromatic carboxylic acids is 1. The van der Waals surface area contributed by atoms with E-state index in [1.165, 1.54) is 12.1 Å². The Labute approximate surface area is 132 Å². The lowest BCUT2D eigenvalue weighted by molar-refractivity contribution is -0.127. The summed E-state index contributed by atoms with van der Waals surface area (Å²) in [7, 11) is 0. The molecule has 0 fully saturated rings. The van der Waals surface area contributed by atoms with Crippen LogP contribution in [0.25, 0.3) is 0 Å². The fraction of sp³-hybridized carbons (Fsp3) is 0.467. The standard InChI is InChI=1S/C15H20BrNO4/c1-3-4-5-8-17-14(18)10(2)21-13-7-6-11(16)9-12(13)15(19)20/h6-7,9-10H,3-5,8H2,1-2H3,(H,17,18)(H,19,20). The average molecular weight is 358 g/mol. The Bertz CT molecular complexity index is 504. The lowest BCUT2D eigenvalue weighted by Crippen LogP contribution is -2.37. The maximum atomic E-state index is 11.9. The average Bonchev–Trinajstić information content (AvgIpc) is 2.44. The summed E-state index contributed by atoms with van der Waals surface area (Å²) < 4.78 is 6.11. The summed E-state index contributed by atoms with van der Waals surface area (Å²) in [4.78, 5) is 23.0. The summed E-state index contributed by atoms with van der Waals surface area (Å²) in [6, 6.07) is 4.66. The molecular formula is C15H20BrNO4. The maximum Gasteiger partial charge on any atom is 0.339 e. The number of ether oxygens (including phenoxy) is 1. The van der Waals surface area contributed by atoms with E-state index in [9.17, 15) is 9.59 Å². The highest BCUT2D eigenvalue weighted by atomic mass is 79.9. The van der Waals surface area contributed by atoms with Gasteiger partial charge in [0.2, 0.25) is 0 Å². The first-order valence-corrected chi connectivity index (χ1v) is 7.72. The van der Waals surface area contributed by atoms with Crippen molar-refractivity contribution in [3.8, 4) is 5.75 Å². The van der Waals surface area contributed by atoms with Crippen molar-refractivity contribution in [3.05, 3.63) is 28.2 Å². The van der Waals surface area contributed by atoms with E-state index in [0.29, 0.717) is 11.0 Å². The van der Waals surface area contributed by atoms with E-state index >= 15 is 0 Å². The van der Waals surface area contributed by atoms with E-state index in [1.54, 1.807) is 13.0 Å². The molecule has 2 N–H and O–H groups in total. The molecule has 0 aliphatic rings. The molecule has 0 saturated heterocycles. The van der Waals surface area contributed by atoms with E-state index in [2.05, 4.69) is 28.2 Å². The van der Waals surface area contributed by atoms with Gasteiger partial charge in [-0.25, -0.2) is 4.79 Å². The Morgan fingerprint density at radius 2 is 2.10 bits per heavy atom. The van der Waals surface area contributed by atoms with Gasteiger partial charge in [-0.3, -0.25) is 4.79 Å². The molecule has 5 nitrogen and oxygen atoms in total. The Morgan fingerprint density at radius 1 is 1.38 bits per heavy atom. The Kier molecular flexibility index (Phi) is 7.22. The highest BCUT2D eigenvalue weighted by molar-refractivity contribution is 9.10. The van der Waals surface area contributed by atoms with E-state index in [4.69, 9.17) is 9.84 Å². The summed E-state index contributed by atoms with van der Waals surface area (Å²) in [5.41, 5.74) is 0.0232. The van der Waals surface area contributed by atoms with Crippen LogP contribution in [0.5, 0.6) is 5.75 Å². The normalized spacial score (nSPS) is 11.8. The van der Waals surface area contributed by atoms with Crippen LogP contribution in [0, 0.1) is 0 Å². The third kappa shape index (κ3) is 5.75. The molecule has 116 valence electrons. The lowest BCUT2D eigenvalue weighted by atomic mass is 10.2. The minimum atomic E-state index is -1.10. The van der Waals surface area contributed by atoms with Crippen molar-refractivity contribution < 1.29 is 19.4 Å². The molecule has 0 bridgehead atoms. The summed E-state index contributed by atoms with van der Waals surface area (Å²) in [6.07, 6.45) is 2.33. The summed E-state index contributed by atoms with van der Waals surface area (Å²) in [5, 5.41) is 11.9. The zero-order valence-electron chi connectivity index (χ0n) is 12.2. The van der Waals surface area contributed by atoms with Crippen LogP contribution in [0.4, 0.5) is 0 Å². The number of carbonyl (C=O) groups excluding carboxylic acids is 1. The molecule has 1 rings (SSSR count). The fourth-order valence-corrected chi connectivity index (χ4v) is 2.11. The molecule has 21 heavy (non-hydrogen) atoms. The van der Waals surface area contributed by atoms with Crippen LogP contribution in [-0.2, 0) is 4.79 Å². The predicted octanol–water partition coefficient (Wildman–Crippen LogP) is 3.22. The molecule has 0 aliphatic carbocycles. The lowest BCUT2D eigenvalue weighted by Gasteiger charge is -2.16. The van der Waals surface area contributed by atoms with Crippen molar-refractivity contribution in [3.63, 3.8) is 0 Å².